The van der Waals surface area contributed by atoms with E-state index in [0.717, 1.165) is 0 Å². The van der Waals surface area contributed by atoms with Crippen molar-refractivity contribution in [2.24, 2.45) is 5.41 Å². The smallest absolute Gasteiger partial charge is 0.476 e. The molecule has 0 radical (unpaired) electrons. The number of rotatable bonds is 5. The average Bonchev–Trinajstić information content (AvgIpc) is 2.63. The number of benzene rings is 2. The fraction of sp³-hybridized carbons (Fsp3) is 0.316. The largest absolute Gasteiger partial charge is 0.479 e. The van der Waals surface area contributed by atoms with E-state index in [4.69, 9.17) is 25.2 Å². The first-order chi connectivity index (χ1) is 12.7. The molecule has 0 saturated carbocycles. The minimum atomic E-state index is -4.15. The molecule has 2 aromatic carbocycles. The van der Waals surface area contributed by atoms with Gasteiger partial charge in [-0.3, -0.25) is 13.6 Å². The van der Waals surface area contributed by atoms with Crippen LogP contribution in [0.15, 0.2) is 54.6 Å². The summed E-state index contributed by atoms with van der Waals surface area (Å²) in [4.78, 5) is 11.7. The van der Waals surface area contributed by atoms with E-state index in [1.165, 1.54) is 0 Å². The zero-order valence-electron chi connectivity index (χ0n) is 14.9. The molecule has 1 fully saturated rings. The van der Waals surface area contributed by atoms with Crippen molar-refractivity contribution in [2.45, 2.75) is 26.1 Å². The van der Waals surface area contributed by atoms with Crippen molar-refractivity contribution in [2.75, 3.05) is 6.61 Å². The topological polar surface area (TPSA) is 82.1 Å². The van der Waals surface area contributed by atoms with Crippen LogP contribution in [0.3, 0.4) is 0 Å². The van der Waals surface area contributed by atoms with Gasteiger partial charge in [-0.25, -0.2) is 9.36 Å². The molecule has 0 spiro atoms. The first-order valence-corrected chi connectivity index (χ1v) is 10.2. The van der Waals surface area contributed by atoms with E-state index in [0.29, 0.717) is 16.1 Å². The van der Waals surface area contributed by atoms with E-state index in [1.807, 2.05) is 13.8 Å². The molecule has 0 amide bonds. The van der Waals surface area contributed by atoms with Gasteiger partial charge >= 0.3 is 13.8 Å². The highest BCUT2D eigenvalue weighted by Crippen LogP contribution is 2.63. The molecular weight excluding hydrogens is 391 g/mol. The molecule has 1 aliphatic rings. The Labute approximate surface area is 162 Å². The quantitative estimate of drug-likeness (QED) is 0.664. The Hall–Kier alpha value is -1.69. The van der Waals surface area contributed by atoms with Gasteiger partial charge in [0, 0.05) is 16.0 Å². The lowest BCUT2D eigenvalue weighted by Gasteiger charge is -2.41. The molecule has 2 aromatic rings. The number of halogens is 1. The monoisotopic (exact) mass is 410 g/mol. The Morgan fingerprint density at radius 1 is 1.22 bits per heavy atom. The van der Waals surface area contributed by atoms with Crippen LogP contribution in [-0.2, 0) is 22.9 Å². The van der Waals surface area contributed by atoms with Crippen molar-refractivity contribution in [3.63, 3.8) is 0 Å². The van der Waals surface area contributed by atoms with Crippen molar-refractivity contribution in [3.8, 4) is 0 Å². The maximum atomic E-state index is 13.1. The van der Waals surface area contributed by atoms with E-state index in [2.05, 4.69) is 0 Å². The molecule has 1 N–H and O–H groups in total. The van der Waals surface area contributed by atoms with E-state index in [-0.39, 0.29) is 6.61 Å². The third-order valence-electron chi connectivity index (χ3n) is 4.29. The fourth-order valence-corrected chi connectivity index (χ4v) is 4.87. The molecule has 3 rings (SSSR count). The van der Waals surface area contributed by atoms with E-state index in [1.54, 1.807) is 54.6 Å². The summed E-state index contributed by atoms with van der Waals surface area (Å²) in [5.74, 6) is -1.29. The maximum Gasteiger partial charge on any atom is 0.476 e. The second-order valence-corrected chi connectivity index (χ2v) is 8.93. The predicted octanol–water partition coefficient (Wildman–Crippen LogP) is 5.40. The first-order valence-electron chi connectivity index (χ1n) is 8.35. The third kappa shape index (κ3) is 4.42. The van der Waals surface area contributed by atoms with E-state index in [9.17, 15) is 14.5 Å². The molecule has 0 aliphatic carbocycles. The second-order valence-electron chi connectivity index (χ2n) is 6.95. The summed E-state index contributed by atoms with van der Waals surface area (Å²) >= 11 is 6.28. The normalized spacial score (nSPS) is 25.7. The highest BCUT2D eigenvalue weighted by molar-refractivity contribution is 7.48. The Morgan fingerprint density at radius 2 is 1.85 bits per heavy atom. The zero-order valence-corrected chi connectivity index (χ0v) is 16.5. The molecule has 27 heavy (non-hydrogen) atoms. The average molecular weight is 411 g/mol. The van der Waals surface area contributed by atoms with Crippen LogP contribution in [-0.4, -0.2) is 17.7 Å². The number of carboxylic acids is 1. The summed E-state index contributed by atoms with van der Waals surface area (Å²) in [7, 11) is -4.15. The van der Waals surface area contributed by atoms with Crippen molar-refractivity contribution in [3.05, 3.63) is 70.7 Å². The Morgan fingerprint density at radius 3 is 2.48 bits per heavy atom. The lowest BCUT2D eigenvalue weighted by Crippen LogP contribution is -2.34. The van der Waals surface area contributed by atoms with Gasteiger partial charge < -0.3 is 5.11 Å². The highest BCUT2D eigenvalue weighted by atomic mass is 35.5. The summed E-state index contributed by atoms with van der Waals surface area (Å²) in [6.07, 6.45) is -2.17. The van der Waals surface area contributed by atoms with Gasteiger partial charge in [0.2, 0.25) is 0 Å². The van der Waals surface area contributed by atoms with Crippen LogP contribution in [0.5, 0.6) is 0 Å². The van der Waals surface area contributed by atoms with Crippen molar-refractivity contribution >= 4 is 25.4 Å². The zero-order chi connectivity index (χ0) is 19.7. The number of carboxylic acid groups (broad SMARTS) is 1. The second kappa shape index (κ2) is 7.74. The summed E-state index contributed by atoms with van der Waals surface area (Å²) in [5, 5.41) is 9.98. The van der Waals surface area contributed by atoms with Crippen LogP contribution in [0.4, 0.5) is 0 Å². The summed E-state index contributed by atoms with van der Waals surface area (Å²) in [5.41, 5.74) is 0.433. The molecule has 1 saturated heterocycles. The van der Waals surface area contributed by atoms with Gasteiger partial charge in [0.15, 0.2) is 6.10 Å². The number of phosphoric acid groups is 1. The molecule has 8 heteroatoms. The Kier molecular flexibility index (Phi) is 5.75. The minimum Gasteiger partial charge on any atom is -0.479 e. The summed E-state index contributed by atoms with van der Waals surface area (Å²) < 4.78 is 29.6. The van der Waals surface area contributed by atoms with Gasteiger partial charge in [-0.2, -0.15) is 0 Å². The molecule has 2 unspecified atom stereocenters. The molecular formula is C19H20ClO6P. The molecule has 6 nitrogen and oxygen atoms in total. The standard InChI is InChI=1S/C19H20ClO6P/c1-19(2)12-24-27(23,26-17(19)14-10-6-7-11-15(14)20)25-16(18(21)22)13-8-4-3-5-9-13/h3-11,16-17H,12H2,1-2H3,(H,21,22)/t16-,17?,27?/m1/s1. The minimum absolute atomic E-state index is 0.0568. The molecule has 0 aromatic heterocycles. The molecule has 1 heterocycles. The van der Waals surface area contributed by atoms with Crippen LogP contribution in [0.1, 0.15) is 37.2 Å². The number of aliphatic carboxylic acids is 1. The SMILES string of the molecule is CC1(C)COP(=O)(O[C@@H](C(=O)O)c2ccccc2)OC1c1ccccc1Cl. The van der Waals surface area contributed by atoms with E-state index < -0.39 is 31.4 Å². The maximum absolute atomic E-state index is 13.1. The van der Waals surface area contributed by atoms with Crippen LogP contribution in [0, 0.1) is 5.41 Å². The van der Waals surface area contributed by atoms with Crippen molar-refractivity contribution in [1.82, 2.24) is 0 Å². The van der Waals surface area contributed by atoms with Gasteiger partial charge in [0.25, 0.3) is 0 Å². The van der Waals surface area contributed by atoms with Crippen LogP contribution >= 0.6 is 19.4 Å². The fourth-order valence-electron chi connectivity index (χ4n) is 2.85. The van der Waals surface area contributed by atoms with Crippen molar-refractivity contribution in [1.29, 1.82) is 0 Å². The molecule has 3 atom stereocenters. The number of hydrogen-bond acceptors (Lipinski definition) is 5. The van der Waals surface area contributed by atoms with Gasteiger partial charge in [0.05, 0.1) is 6.61 Å². The summed E-state index contributed by atoms with van der Waals surface area (Å²) in [6.45, 7) is 3.83. The van der Waals surface area contributed by atoms with Gasteiger partial charge in [-0.15, -0.1) is 0 Å². The number of carbonyl (C=O) groups is 1. The number of phosphoric ester groups is 1. The lowest BCUT2D eigenvalue weighted by molar-refractivity contribution is -0.148. The van der Waals surface area contributed by atoms with Crippen LogP contribution in [0.25, 0.3) is 0 Å². The number of hydrogen-bond donors (Lipinski definition) is 1. The molecule has 1 aliphatic heterocycles. The lowest BCUT2D eigenvalue weighted by atomic mass is 9.83. The summed E-state index contributed by atoms with van der Waals surface area (Å²) in [6, 6.07) is 15.3. The molecule has 144 valence electrons. The van der Waals surface area contributed by atoms with Gasteiger partial charge in [-0.1, -0.05) is 74.0 Å². The first kappa shape index (κ1) is 20.1. The van der Waals surface area contributed by atoms with Gasteiger partial charge in [0.1, 0.15) is 6.10 Å². The van der Waals surface area contributed by atoms with Crippen molar-refractivity contribution < 1.29 is 28.0 Å². The van der Waals surface area contributed by atoms with Crippen LogP contribution < -0.4 is 0 Å². The van der Waals surface area contributed by atoms with Gasteiger partial charge in [-0.05, 0) is 11.6 Å². The highest BCUT2D eigenvalue weighted by Gasteiger charge is 2.48. The third-order valence-corrected chi connectivity index (χ3v) is 6.02. The molecule has 0 bridgehead atoms. The van der Waals surface area contributed by atoms with E-state index >= 15 is 0 Å². The Balaban J connectivity index is 1.90. The van der Waals surface area contributed by atoms with Crippen LogP contribution in [0.2, 0.25) is 5.02 Å². The predicted molar refractivity (Wildman–Crippen MR) is 101 cm³/mol. The Bertz CT molecular complexity index is 870.